The van der Waals surface area contributed by atoms with Crippen LogP contribution in [0, 0.1) is 30.6 Å². The highest BCUT2D eigenvalue weighted by molar-refractivity contribution is 7.22. The molecule has 18 heteroatoms. The molecule has 5 aromatic rings. The number of aromatic nitrogens is 1. The van der Waals surface area contributed by atoms with Gasteiger partial charge in [-0.25, -0.2) is 14.6 Å². The Hall–Kier alpha value is -7.86. The molecule has 0 radical (unpaired) electrons. The van der Waals surface area contributed by atoms with Crippen molar-refractivity contribution in [3.8, 4) is 28.7 Å². The molecule has 2 aliphatic carbocycles. The van der Waals surface area contributed by atoms with Gasteiger partial charge in [-0.2, -0.15) is 5.10 Å². The molecule has 2 saturated carbocycles. The van der Waals surface area contributed by atoms with E-state index in [0.717, 1.165) is 80.0 Å². The fourth-order valence-electron chi connectivity index (χ4n) is 8.95. The number of esters is 6. The number of thiazole rings is 1. The molecule has 2 fully saturated rings. The zero-order valence-corrected chi connectivity index (χ0v) is 46.6. The Morgan fingerprint density at radius 1 is 0.562 bits per heavy atom. The number of ether oxygens (including phenoxy) is 8. The van der Waals surface area contributed by atoms with Gasteiger partial charge in [0.25, 0.3) is 0 Å². The molecule has 0 aliphatic heterocycles. The molecule has 0 atom stereocenters. The van der Waals surface area contributed by atoms with Gasteiger partial charge in [0, 0.05) is 17.7 Å². The molecule has 1 aromatic heterocycles. The highest BCUT2D eigenvalue weighted by atomic mass is 32.1. The number of anilines is 1. The number of fused-ring (bicyclic) bond motifs is 1. The van der Waals surface area contributed by atoms with Crippen LogP contribution in [0.25, 0.3) is 10.2 Å². The summed E-state index contributed by atoms with van der Waals surface area (Å²) in [5, 5.41) is 4.93. The van der Waals surface area contributed by atoms with Crippen LogP contribution in [0.15, 0.2) is 121 Å². The minimum Gasteiger partial charge on any atom is -0.494 e. The molecule has 7 rings (SSSR count). The molecule has 0 unspecified atom stereocenters. The fourth-order valence-corrected chi connectivity index (χ4v) is 9.76. The summed E-state index contributed by atoms with van der Waals surface area (Å²) in [5.41, 5.74) is 5.41. The van der Waals surface area contributed by atoms with Crippen molar-refractivity contribution in [3.63, 3.8) is 0 Å². The van der Waals surface area contributed by atoms with E-state index < -0.39 is 23.8 Å². The Morgan fingerprint density at radius 2 is 1.01 bits per heavy atom. The van der Waals surface area contributed by atoms with E-state index >= 15 is 0 Å². The molecule has 80 heavy (non-hydrogen) atoms. The number of hydrogen-bond acceptors (Lipinski definition) is 18. The summed E-state index contributed by atoms with van der Waals surface area (Å²) in [6, 6.07) is 27.4. The maximum absolute atomic E-state index is 13.4. The predicted molar refractivity (Wildman–Crippen MR) is 305 cm³/mol. The fraction of sp³-hybridized carbons (Fsp3) is 0.419. The van der Waals surface area contributed by atoms with E-state index in [0.29, 0.717) is 93.4 Å². The number of benzene rings is 4. The summed E-state index contributed by atoms with van der Waals surface area (Å²) >= 11 is 1.44. The van der Waals surface area contributed by atoms with Crippen molar-refractivity contribution < 1.29 is 66.7 Å². The van der Waals surface area contributed by atoms with Crippen LogP contribution in [0.1, 0.15) is 114 Å². The Kier molecular flexibility index (Phi) is 25.7. The first-order valence-corrected chi connectivity index (χ1v) is 28.2. The molecule has 4 aromatic carbocycles. The number of para-hydroxylation sites is 1. The lowest BCUT2D eigenvalue weighted by Gasteiger charge is -2.26. The van der Waals surface area contributed by atoms with Crippen LogP contribution >= 0.6 is 11.3 Å². The SMILES string of the molecule is C=CC(=O)OCCCCCCOc1ccc(C)cc1.C=CC(=O)OCCCCCCOc1ccc(OC(=O)C2CCC(C(=O)Oc3ccc(OC(=O)C4CCC(C(=O)OC)CC4)c(/C=N/Nc4nc5ccccc5s4)c3)CC2)cc1. The zero-order valence-electron chi connectivity index (χ0n) is 45.8. The Morgan fingerprint density at radius 3 is 1.52 bits per heavy atom. The number of rotatable bonds is 28. The topological polar surface area (TPSA) is 214 Å². The average molecular weight is 1120 g/mol. The monoisotopic (exact) mass is 1120 g/mol. The van der Waals surface area contributed by atoms with Gasteiger partial charge in [0.2, 0.25) is 5.13 Å². The standard InChI is InChI=1S/C46H51N3O11S.C16H22O3/c1-3-41(50)57-27-9-5-4-8-26-56-35-20-22-36(23-21-35)58-43(52)31-16-18-32(19-17-31)44(53)59-37-24-25-39(60-45(54)33-14-12-30(13-15-33)42(51)55-2)34(28-37)29-47-49-46-48-38-10-6-7-11-40(38)61-46;1-3-16(17)19-13-7-5-4-6-12-18-15-10-8-14(2)9-11-15/h3,6-7,10-11,20-25,28-33H,1,4-5,8-9,12-19,26-27H2,2H3,(H,48,49);3,8-11H,1,4-7,12-13H2,2H3/b47-29+;. The van der Waals surface area contributed by atoms with Crippen LogP contribution in [0.3, 0.4) is 0 Å². The second kappa shape index (κ2) is 33.5. The molecular formula is C62H73N3O14S. The number of nitrogens with one attached hydrogen (secondary N) is 1. The van der Waals surface area contributed by atoms with Crippen molar-refractivity contribution in [2.45, 2.75) is 110 Å². The van der Waals surface area contributed by atoms with Crippen molar-refractivity contribution in [2.75, 3.05) is 39.0 Å². The summed E-state index contributed by atoms with van der Waals surface area (Å²) in [5.74, 6) is -1.05. The van der Waals surface area contributed by atoms with Crippen LogP contribution in [0.5, 0.6) is 28.7 Å². The first-order chi connectivity index (χ1) is 38.9. The maximum Gasteiger partial charge on any atom is 0.330 e. The number of hydrogen-bond donors (Lipinski definition) is 1. The highest BCUT2D eigenvalue weighted by Crippen LogP contribution is 2.35. The molecule has 0 amide bonds. The van der Waals surface area contributed by atoms with E-state index in [1.807, 2.05) is 48.5 Å². The van der Waals surface area contributed by atoms with E-state index in [9.17, 15) is 28.8 Å². The van der Waals surface area contributed by atoms with E-state index in [1.165, 1.54) is 36.3 Å². The number of nitrogens with zero attached hydrogens (tertiary/aromatic N) is 2. The molecule has 0 spiro atoms. The molecule has 426 valence electrons. The third-order valence-electron chi connectivity index (χ3n) is 13.6. The third kappa shape index (κ3) is 21.1. The van der Waals surface area contributed by atoms with E-state index in [4.69, 9.17) is 37.9 Å². The largest absolute Gasteiger partial charge is 0.494 e. The molecule has 1 heterocycles. The number of methoxy groups -OCH3 is 1. The Balaban J connectivity index is 0.000000460. The van der Waals surface area contributed by atoms with Gasteiger partial charge in [-0.3, -0.25) is 24.6 Å². The minimum absolute atomic E-state index is 0.226. The van der Waals surface area contributed by atoms with Gasteiger partial charge in [0.05, 0.1) is 73.6 Å². The van der Waals surface area contributed by atoms with Gasteiger partial charge in [0.15, 0.2) is 0 Å². The molecular weight excluding hydrogens is 1040 g/mol. The highest BCUT2D eigenvalue weighted by Gasteiger charge is 2.34. The molecule has 0 bridgehead atoms. The van der Waals surface area contributed by atoms with Gasteiger partial charge >= 0.3 is 35.8 Å². The number of aryl methyl sites for hydroxylation is 1. The van der Waals surface area contributed by atoms with Crippen molar-refractivity contribution in [2.24, 2.45) is 28.8 Å². The van der Waals surface area contributed by atoms with E-state index in [2.05, 4.69) is 35.6 Å². The van der Waals surface area contributed by atoms with Crippen molar-refractivity contribution >= 4 is 68.7 Å². The molecule has 2 aliphatic rings. The average Bonchev–Trinajstić information content (AvgIpc) is 3.90. The van der Waals surface area contributed by atoms with Crippen LogP contribution in [0.2, 0.25) is 0 Å². The third-order valence-corrected chi connectivity index (χ3v) is 14.5. The van der Waals surface area contributed by atoms with Crippen molar-refractivity contribution in [1.29, 1.82) is 0 Å². The first-order valence-electron chi connectivity index (χ1n) is 27.4. The predicted octanol–water partition coefficient (Wildman–Crippen LogP) is 12.3. The summed E-state index contributed by atoms with van der Waals surface area (Å²) in [6.45, 7) is 10.9. The summed E-state index contributed by atoms with van der Waals surface area (Å²) in [6.07, 6.45) is 15.3. The van der Waals surface area contributed by atoms with Gasteiger partial charge in [0.1, 0.15) is 28.7 Å². The number of hydrazone groups is 1. The Labute approximate surface area is 472 Å². The van der Waals surface area contributed by atoms with Gasteiger partial charge in [-0.15, -0.1) is 0 Å². The van der Waals surface area contributed by atoms with Crippen LogP contribution < -0.4 is 29.1 Å². The van der Waals surface area contributed by atoms with Crippen molar-refractivity contribution in [1.82, 2.24) is 4.98 Å². The van der Waals surface area contributed by atoms with Crippen LogP contribution in [0.4, 0.5) is 5.13 Å². The van der Waals surface area contributed by atoms with E-state index in [-0.39, 0.29) is 47.2 Å². The summed E-state index contributed by atoms with van der Waals surface area (Å²) in [4.78, 5) is 78.1. The normalized spacial score (nSPS) is 16.7. The smallest absolute Gasteiger partial charge is 0.330 e. The lowest BCUT2D eigenvalue weighted by atomic mass is 9.82. The zero-order chi connectivity index (χ0) is 56.9. The van der Waals surface area contributed by atoms with Gasteiger partial charge in [-0.1, -0.05) is 54.3 Å². The quantitative estimate of drug-likeness (QED) is 0.00938. The maximum atomic E-state index is 13.4. The van der Waals surface area contributed by atoms with E-state index in [1.54, 1.807) is 42.5 Å². The Bertz CT molecular complexity index is 2800. The summed E-state index contributed by atoms with van der Waals surface area (Å²) in [7, 11) is 1.37. The van der Waals surface area contributed by atoms with Crippen LogP contribution in [-0.4, -0.2) is 80.6 Å². The minimum atomic E-state index is -0.418. The number of carbonyl (C=O) groups excluding carboxylic acids is 6. The molecule has 17 nitrogen and oxygen atoms in total. The van der Waals surface area contributed by atoms with Gasteiger partial charge < -0.3 is 37.9 Å². The molecule has 1 N–H and O–H groups in total. The second-order valence-corrected chi connectivity index (χ2v) is 20.5. The van der Waals surface area contributed by atoms with Crippen LogP contribution in [-0.2, 0) is 43.0 Å². The summed E-state index contributed by atoms with van der Waals surface area (Å²) < 4.78 is 44.5. The molecule has 0 saturated heterocycles. The first kappa shape index (κ1) is 61.4. The van der Waals surface area contributed by atoms with Gasteiger partial charge in [-0.05, 0) is 176 Å². The lowest BCUT2D eigenvalue weighted by Crippen LogP contribution is -2.30. The second-order valence-electron chi connectivity index (χ2n) is 19.5. The lowest BCUT2D eigenvalue weighted by molar-refractivity contribution is -0.149. The number of unbranched alkanes of at least 4 members (excludes halogenated alkanes) is 6. The van der Waals surface area contributed by atoms with Crippen molar-refractivity contribution in [3.05, 3.63) is 127 Å². The number of carbonyl (C=O) groups is 6.